The SMILES string of the molecule is COCCNc1nc(C)c(-c2nc3c(C)nccc3s2)c(N[C@@H]2C[C@H]([C@H](O)C(C)C)[C@@H](O)[C@H]2O)n1. The molecule has 10 nitrogen and oxygen atoms in total. The minimum absolute atomic E-state index is 0.0337. The van der Waals surface area contributed by atoms with Crippen LogP contribution in [0.1, 0.15) is 31.7 Å². The largest absolute Gasteiger partial charge is 0.392 e. The molecule has 3 aromatic rings. The maximum absolute atomic E-state index is 10.8. The summed E-state index contributed by atoms with van der Waals surface area (Å²) in [5.41, 5.74) is 3.13. The van der Waals surface area contributed by atoms with Gasteiger partial charge in [0.15, 0.2) is 0 Å². The number of hydrogen-bond donors (Lipinski definition) is 5. The number of hydrogen-bond acceptors (Lipinski definition) is 11. The molecule has 0 saturated heterocycles. The van der Waals surface area contributed by atoms with Crippen molar-refractivity contribution >= 4 is 33.3 Å². The van der Waals surface area contributed by atoms with E-state index < -0.39 is 30.3 Å². The van der Waals surface area contributed by atoms with Crippen LogP contribution in [0.3, 0.4) is 0 Å². The molecule has 1 saturated carbocycles. The fraction of sp³-hybridized carbons (Fsp3) is 0.583. The lowest BCUT2D eigenvalue weighted by Crippen LogP contribution is -2.38. The molecule has 11 heteroatoms. The van der Waals surface area contributed by atoms with Crippen molar-refractivity contribution in [2.45, 2.75) is 58.5 Å². The Morgan fingerprint density at radius 3 is 2.60 bits per heavy atom. The fourth-order valence-corrected chi connectivity index (χ4v) is 5.70. The van der Waals surface area contributed by atoms with E-state index in [2.05, 4.69) is 20.6 Å². The number of nitrogens with zero attached hydrogens (tertiary/aromatic N) is 4. The van der Waals surface area contributed by atoms with Crippen LogP contribution in [0, 0.1) is 25.7 Å². The summed E-state index contributed by atoms with van der Waals surface area (Å²) >= 11 is 1.53. The van der Waals surface area contributed by atoms with Gasteiger partial charge in [0.1, 0.15) is 22.4 Å². The number of methoxy groups -OCH3 is 1. The second kappa shape index (κ2) is 10.7. The van der Waals surface area contributed by atoms with Crippen molar-refractivity contribution in [2.75, 3.05) is 30.9 Å². The molecule has 0 spiro atoms. The van der Waals surface area contributed by atoms with Crippen LogP contribution < -0.4 is 10.6 Å². The van der Waals surface area contributed by atoms with Gasteiger partial charge in [0.25, 0.3) is 0 Å². The van der Waals surface area contributed by atoms with E-state index in [1.807, 2.05) is 33.8 Å². The van der Waals surface area contributed by atoms with Gasteiger partial charge in [-0.05, 0) is 32.3 Å². The first kappa shape index (κ1) is 25.6. The molecule has 5 N–H and O–H groups in total. The number of aromatic nitrogens is 4. The predicted molar refractivity (Wildman–Crippen MR) is 137 cm³/mol. The fourth-order valence-electron chi connectivity index (χ4n) is 4.59. The molecule has 1 aliphatic rings. The average molecular weight is 503 g/mol. The molecular weight excluding hydrogens is 468 g/mol. The van der Waals surface area contributed by atoms with Gasteiger partial charge in [0, 0.05) is 25.8 Å². The highest BCUT2D eigenvalue weighted by Crippen LogP contribution is 2.39. The summed E-state index contributed by atoms with van der Waals surface area (Å²) in [5, 5.41) is 39.3. The number of ether oxygens (including phenoxy) is 1. The smallest absolute Gasteiger partial charge is 0.224 e. The summed E-state index contributed by atoms with van der Waals surface area (Å²) in [5.74, 6) is 0.465. The van der Waals surface area contributed by atoms with E-state index in [0.29, 0.717) is 31.3 Å². The zero-order chi connectivity index (χ0) is 25.3. The Morgan fingerprint density at radius 2 is 1.91 bits per heavy atom. The molecule has 35 heavy (non-hydrogen) atoms. The Morgan fingerprint density at radius 1 is 1.14 bits per heavy atom. The summed E-state index contributed by atoms with van der Waals surface area (Å²) < 4.78 is 6.13. The van der Waals surface area contributed by atoms with E-state index in [4.69, 9.17) is 14.7 Å². The Hall–Kier alpha value is -2.44. The van der Waals surface area contributed by atoms with E-state index in [9.17, 15) is 15.3 Å². The lowest BCUT2D eigenvalue weighted by Gasteiger charge is -2.24. The molecule has 1 aliphatic carbocycles. The summed E-state index contributed by atoms with van der Waals surface area (Å²) in [6.07, 6.45) is -0.639. The first-order valence-corrected chi connectivity index (χ1v) is 12.7. The topological polar surface area (TPSA) is 146 Å². The zero-order valence-corrected chi connectivity index (χ0v) is 21.5. The van der Waals surface area contributed by atoms with Gasteiger partial charge in [-0.15, -0.1) is 11.3 Å². The molecule has 4 rings (SSSR count). The van der Waals surface area contributed by atoms with Crippen molar-refractivity contribution in [1.82, 2.24) is 19.9 Å². The summed E-state index contributed by atoms with van der Waals surface area (Å²) in [6, 6.07) is 1.43. The molecule has 0 radical (unpaired) electrons. The molecule has 1 fully saturated rings. The van der Waals surface area contributed by atoms with Crippen LogP contribution in [-0.2, 0) is 4.74 Å². The lowest BCUT2D eigenvalue weighted by atomic mass is 9.90. The highest BCUT2D eigenvalue weighted by atomic mass is 32.1. The monoisotopic (exact) mass is 502 g/mol. The quantitative estimate of drug-likeness (QED) is 0.276. The summed E-state index contributed by atoms with van der Waals surface area (Å²) in [6.45, 7) is 8.66. The van der Waals surface area contributed by atoms with Crippen molar-refractivity contribution in [1.29, 1.82) is 0 Å². The number of aryl methyl sites for hydroxylation is 2. The second-order valence-electron chi connectivity index (χ2n) is 9.40. The molecule has 190 valence electrons. The van der Waals surface area contributed by atoms with Crippen molar-refractivity contribution in [2.24, 2.45) is 11.8 Å². The van der Waals surface area contributed by atoms with E-state index in [1.165, 1.54) is 11.3 Å². The third-order valence-electron chi connectivity index (χ3n) is 6.55. The molecule has 5 atom stereocenters. The Balaban J connectivity index is 1.72. The van der Waals surface area contributed by atoms with E-state index in [0.717, 1.165) is 32.2 Å². The van der Waals surface area contributed by atoms with Gasteiger partial charge in [-0.1, -0.05) is 13.8 Å². The number of fused-ring (bicyclic) bond motifs is 1. The maximum atomic E-state index is 10.8. The number of anilines is 2. The predicted octanol–water partition coefficient (Wildman–Crippen LogP) is 2.36. The van der Waals surface area contributed by atoms with Crippen LogP contribution in [0.4, 0.5) is 11.8 Å². The van der Waals surface area contributed by atoms with Gasteiger partial charge in [-0.2, -0.15) is 4.98 Å². The zero-order valence-electron chi connectivity index (χ0n) is 20.7. The van der Waals surface area contributed by atoms with E-state index in [1.54, 1.807) is 13.3 Å². The Bertz CT molecular complexity index is 1170. The molecule has 3 aromatic heterocycles. The molecule has 0 amide bonds. The average Bonchev–Trinajstić information content (AvgIpc) is 3.36. The van der Waals surface area contributed by atoms with Crippen LogP contribution in [0.5, 0.6) is 0 Å². The first-order chi connectivity index (χ1) is 16.7. The molecule has 0 bridgehead atoms. The van der Waals surface area contributed by atoms with Gasteiger partial charge >= 0.3 is 0 Å². The number of rotatable bonds is 9. The first-order valence-electron chi connectivity index (χ1n) is 11.9. The van der Waals surface area contributed by atoms with Gasteiger partial charge in [-0.25, -0.2) is 9.97 Å². The molecule has 0 unspecified atom stereocenters. The van der Waals surface area contributed by atoms with Crippen molar-refractivity contribution in [3.63, 3.8) is 0 Å². The van der Waals surface area contributed by atoms with Crippen LogP contribution in [0.25, 0.3) is 20.8 Å². The minimum Gasteiger partial charge on any atom is -0.392 e. The van der Waals surface area contributed by atoms with Crippen LogP contribution in [-0.4, -0.2) is 79.9 Å². The van der Waals surface area contributed by atoms with Crippen molar-refractivity contribution < 1.29 is 20.1 Å². The normalized spacial score (nSPS) is 23.2. The number of aliphatic hydroxyl groups excluding tert-OH is 3. The van der Waals surface area contributed by atoms with Gasteiger partial charge in [0.05, 0.1) is 46.5 Å². The molecular formula is C24H34N6O4S. The van der Waals surface area contributed by atoms with E-state index in [-0.39, 0.29) is 5.92 Å². The van der Waals surface area contributed by atoms with Crippen LogP contribution in [0.15, 0.2) is 12.3 Å². The van der Waals surface area contributed by atoms with Crippen LogP contribution in [0.2, 0.25) is 0 Å². The van der Waals surface area contributed by atoms with E-state index >= 15 is 0 Å². The number of aliphatic hydroxyl groups is 3. The third-order valence-corrected chi connectivity index (χ3v) is 7.59. The number of pyridine rings is 1. The third kappa shape index (κ3) is 5.24. The van der Waals surface area contributed by atoms with Crippen molar-refractivity contribution in [3.05, 3.63) is 23.7 Å². The van der Waals surface area contributed by atoms with Crippen molar-refractivity contribution in [3.8, 4) is 10.6 Å². The Labute approximate surface area is 208 Å². The number of thiazole rings is 1. The Kier molecular flexibility index (Phi) is 7.82. The standard InChI is InChI=1S/C24H34N6O4S/c1-11(2)19(31)14-10-15(21(33)20(14)32)28-22-17(12(3)27-24(30-22)26-8-9-34-5)23-29-18-13(4)25-7-6-16(18)35-23/h6-7,11,14-15,19-21,31-33H,8-10H2,1-5H3,(H2,26,27,28,30)/t14-,15-,19-,20-,21+/m1/s1. The van der Waals surface area contributed by atoms with Gasteiger partial charge in [0.2, 0.25) is 5.95 Å². The van der Waals surface area contributed by atoms with Crippen LogP contribution >= 0.6 is 11.3 Å². The molecule has 3 heterocycles. The minimum atomic E-state index is -1.05. The lowest BCUT2D eigenvalue weighted by molar-refractivity contribution is -0.0345. The highest BCUT2D eigenvalue weighted by Gasteiger charge is 2.45. The van der Waals surface area contributed by atoms with Gasteiger partial charge in [-0.3, -0.25) is 4.98 Å². The highest BCUT2D eigenvalue weighted by molar-refractivity contribution is 7.21. The molecule has 0 aromatic carbocycles. The molecule has 0 aliphatic heterocycles. The maximum Gasteiger partial charge on any atom is 0.224 e. The summed E-state index contributed by atoms with van der Waals surface area (Å²) in [7, 11) is 1.63. The second-order valence-corrected chi connectivity index (χ2v) is 10.4. The summed E-state index contributed by atoms with van der Waals surface area (Å²) in [4.78, 5) is 18.5. The number of nitrogens with one attached hydrogen (secondary N) is 2. The van der Waals surface area contributed by atoms with Gasteiger partial charge < -0.3 is 30.7 Å².